The van der Waals surface area contributed by atoms with E-state index in [1.807, 2.05) is 0 Å². The number of amides is 1. The van der Waals surface area contributed by atoms with Gasteiger partial charge < -0.3 is 9.64 Å². The van der Waals surface area contributed by atoms with Crippen molar-refractivity contribution in [3.8, 4) is 0 Å². The number of hydrogen-bond donors (Lipinski definition) is 0. The molecule has 15 heavy (non-hydrogen) atoms. The predicted octanol–water partition coefficient (Wildman–Crippen LogP) is 0.807. The SMILES string of the molecule is COC(=O)CCC(=O)N1CCC(F)(F)C1. The van der Waals surface area contributed by atoms with Crippen molar-refractivity contribution in [2.75, 3.05) is 20.2 Å². The summed E-state index contributed by atoms with van der Waals surface area (Å²) < 4.78 is 29.8. The second-order valence-electron chi connectivity index (χ2n) is 3.50. The molecule has 0 aromatic carbocycles. The van der Waals surface area contributed by atoms with E-state index in [4.69, 9.17) is 0 Å². The van der Waals surface area contributed by atoms with Gasteiger partial charge in [0.15, 0.2) is 0 Å². The van der Waals surface area contributed by atoms with E-state index in [0.29, 0.717) is 0 Å². The van der Waals surface area contributed by atoms with E-state index in [-0.39, 0.29) is 25.8 Å². The molecule has 0 aliphatic carbocycles. The Morgan fingerprint density at radius 3 is 2.53 bits per heavy atom. The molecule has 0 saturated carbocycles. The molecule has 6 heteroatoms. The molecule has 1 aliphatic heterocycles. The van der Waals surface area contributed by atoms with Gasteiger partial charge >= 0.3 is 5.97 Å². The van der Waals surface area contributed by atoms with Crippen molar-refractivity contribution in [1.82, 2.24) is 4.90 Å². The Morgan fingerprint density at radius 2 is 2.07 bits per heavy atom. The summed E-state index contributed by atoms with van der Waals surface area (Å²) in [7, 11) is 1.22. The van der Waals surface area contributed by atoms with Gasteiger partial charge in [-0.3, -0.25) is 9.59 Å². The largest absolute Gasteiger partial charge is 0.469 e. The Labute approximate surface area is 86.2 Å². The van der Waals surface area contributed by atoms with E-state index in [0.717, 1.165) is 4.90 Å². The fourth-order valence-electron chi connectivity index (χ4n) is 1.42. The molecule has 86 valence electrons. The molecule has 4 nitrogen and oxygen atoms in total. The quantitative estimate of drug-likeness (QED) is 0.662. The minimum absolute atomic E-state index is 0.0581. The summed E-state index contributed by atoms with van der Waals surface area (Å²) in [6, 6.07) is 0. The summed E-state index contributed by atoms with van der Waals surface area (Å²) in [5.41, 5.74) is 0. The number of carbonyl (C=O) groups excluding carboxylic acids is 2. The van der Waals surface area contributed by atoms with Gasteiger partial charge in [-0.1, -0.05) is 0 Å². The molecule has 1 amide bonds. The van der Waals surface area contributed by atoms with Crippen LogP contribution in [0.2, 0.25) is 0 Å². The van der Waals surface area contributed by atoms with Gasteiger partial charge in [0.1, 0.15) is 0 Å². The fraction of sp³-hybridized carbons (Fsp3) is 0.778. The van der Waals surface area contributed by atoms with Crippen LogP contribution in [0.15, 0.2) is 0 Å². The summed E-state index contributed by atoms with van der Waals surface area (Å²) in [6.45, 7) is -0.472. The first-order chi connectivity index (χ1) is 6.94. The molecule has 0 N–H and O–H groups in total. The number of esters is 1. The number of halogens is 2. The first-order valence-corrected chi connectivity index (χ1v) is 4.67. The molecular weight excluding hydrogens is 208 g/mol. The molecule has 0 aromatic rings. The highest BCUT2D eigenvalue weighted by atomic mass is 19.3. The van der Waals surface area contributed by atoms with Crippen molar-refractivity contribution in [2.24, 2.45) is 0 Å². The topological polar surface area (TPSA) is 46.6 Å². The lowest BCUT2D eigenvalue weighted by molar-refractivity contribution is -0.143. The average molecular weight is 221 g/mol. The van der Waals surface area contributed by atoms with Crippen molar-refractivity contribution in [2.45, 2.75) is 25.2 Å². The molecule has 1 heterocycles. The average Bonchev–Trinajstić information content (AvgIpc) is 2.54. The summed E-state index contributed by atoms with van der Waals surface area (Å²) in [5.74, 6) is -3.70. The number of carbonyl (C=O) groups is 2. The maximum atomic E-state index is 12.7. The van der Waals surface area contributed by atoms with Crippen molar-refractivity contribution < 1.29 is 23.1 Å². The molecule has 1 rings (SSSR count). The Morgan fingerprint density at radius 1 is 1.40 bits per heavy atom. The Balaban J connectivity index is 2.33. The zero-order valence-electron chi connectivity index (χ0n) is 8.46. The third-order valence-corrected chi connectivity index (χ3v) is 2.29. The van der Waals surface area contributed by atoms with Gasteiger partial charge in [-0.05, 0) is 0 Å². The molecule has 1 saturated heterocycles. The Kier molecular flexibility index (Phi) is 3.60. The van der Waals surface area contributed by atoms with Gasteiger partial charge in [-0.15, -0.1) is 0 Å². The van der Waals surface area contributed by atoms with Gasteiger partial charge in [0.05, 0.1) is 20.1 Å². The zero-order chi connectivity index (χ0) is 11.5. The van der Waals surface area contributed by atoms with Crippen LogP contribution in [0.1, 0.15) is 19.3 Å². The van der Waals surface area contributed by atoms with E-state index < -0.39 is 24.3 Å². The molecule has 0 radical (unpaired) electrons. The van der Waals surface area contributed by atoms with Crippen molar-refractivity contribution in [1.29, 1.82) is 0 Å². The van der Waals surface area contributed by atoms with Gasteiger partial charge in [0, 0.05) is 19.4 Å². The monoisotopic (exact) mass is 221 g/mol. The lowest BCUT2D eigenvalue weighted by Crippen LogP contribution is -2.31. The van der Waals surface area contributed by atoms with E-state index in [1.165, 1.54) is 7.11 Å². The second kappa shape index (κ2) is 4.55. The Bertz CT molecular complexity index is 268. The third kappa shape index (κ3) is 3.45. The number of likely N-dealkylation sites (tertiary alicyclic amines) is 1. The molecule has 0 bridgehead atoms. The number of nitrogens with zero attached hydrogens (tertiary/aromatic N) is 1. The first-order valence-electron chi connectivity index (χ1n) is 4.67. The number of methoxy groups -OCH3 is 1. The molecule has 0 aromatic heterocycles. The van der Waals surface area contributed by atoms with Crippen molar-refractivity contribution >= 4 is 11.9 Å². The molecule has 0 spiro atoms. The zero-order valence-corrected chi connectivity index (χ0v) is 8.46. The van der Waals surface area contributed by atoms with Crippen LogP contribution in [0.25, 0.3) is 0 Å². The molecule has 1 fully saturated rings. The van der Waals surface area contributed by atoms with Crippen LogP contribution < -0.4 is 0 Å². The number of alkyl halides is 2. The summed E-state index contributed by atoms with van der Waals surface area (Å²) in [5, 5.41) is 0. The fourth-order valence-corrected chi connectivity index (χ4v) is 1.42. The van der Waals surface area contributed by atoms with Gasteiger partial charge in [-0.2, -0.15) is 0 Å². The third-order valence-electron chi connectivity index (χ3n) is 2.29. The Hall–Kier alpha value is -1.20. The van der Waals surface area contributed by atoms with Crippen molar-refractivity contribution in [3.63, 3.8) is 0 Å². The highest BCUT2D eigenvalue weighted by Gasteiger charge is 2.39. The van der Waals surface area contributed by atoms with Crippen LogP contribution >= 0.6 is 0 Å². The highest BCUT2D eigenvalue weighted by molar-refractivity contribution is 5.81. The summed E-state index contributed by atoms with van der Waals surface area (Å²) >= 11 is 0. The van der Waals surface area contributed by atoms with Crippen molar-refractivity contribution in [3.05, 3.63) is 0 Å². The minimum Gasteiger partial charge on any atom is -0.469 e. The molecule has 0 unspecified atom stereocenters. The van der Waals surface area contributed by atoms with Gasteiger partial charge in [0.2, 0.25) is 5.91 Å². The predicted molar refractivity (Wildman–Crippen MR) is 47.4 cm³/mol. The normalized spacial score (nSPS) is 19.0. The summed E-state index contributed by atoms with van der Waals surface area (Å²) in [6.07, 6.45) is -0.420. The lowest BCUT2D eigenvalue weighted by atomic mass is 10.3. The lowest BCUT2D eigenvalue weighted by Gasteiger charge is -2.15. The number of hydrogen-bond acceptors (Lipinski definition) is 3. The summed E-state index contributed by atoms with van der Waals surface area (Å²) in [4.78, 5) is 23.1. The first kappa shape index (κ1) is 11.9. The van der Waals surface area contributed by atoms with Crippen LogP contribution in [0.3, 0.4) is 0 Å². The van der Waals surface area contributed by atoms with Crippen LogP contribution in [0.4, 0.5) is 8.78 Å². The van der Waals surface area contributed by atoms with Crippen LogP contribution in [0, 0.1) is 0 Å². The minimum atomic E-state index is -2.78. The maximum Gasteiger partial charge on any atom is 0.306 e. The molecule has 0 atom stereocenters. The molecular formula is C9H13F2NO3. The van der Waals surface area contributed by atoms with E-state index in [1.54, 1.807) is 0 Å². The number of rotatable bonds is 3. The van der Waals surface area contributed by atoms with E-state index in [2.05, 4.69) is 4.74 Å². The van der Waals surface area contributed by atoms with Crippen LogP contribution in [-0.4, -0.2) is 42.9 Å². The second-order valence-corrected chi connectivity index (χ2v) is 3.50. The molecule has 1 aliphatic rings. The van der Waals surface area contributed by atoms with Gasteiger partial charge in [-0.25, -0.2) is 8.78 Å². The van der Waals surface area contributed by atoms with E-state index >= 15 is 0 Å². The highest BCUT2D eigenvalue weighted by Crippen LogP contribution is 2.27. The van der Waals surface area contributed by atoms with E-state index in [9.17, 15) is 18.4 Å². The van der Waals surface area contributed by atoms with Gasteiger partial charge in [0.25, 0.3) is 5.92 Å². The number of ether oxygens (including phenoxy) is 1. The standard InChI is InChI=1S/C9H13F2NO3/c1-15-8(14)3-2-7(13)12-5-4-9(10,11)6-12/h2-6H2,1H3. The smallest absolute Gasteiger partial charge is 0.306 e. The van der Waals surface area contributed by atoms with Crippen LogP contribution in [-0.2, 0) is 14.3 Å². The maximum absolute atomic E-state index is 12.7. The van der Waals surface area contributed by atoms with Crippen LogP contribution in [0.5, 0.6) is 0 Å².